The maximum Gasteiger partial charge on any atom is 0.291 e. The van der Waals surface area contributed by atoms with Crippen molar-refractivity contribution in [1.82, 2.24) is 4.98 Å². The molecule has 1 aromatic carbocycles. The van der Waals surface area contributed by atoms with Crippen molar-refractivity contribution in [3.05, 3.63) is 72.1 Å². The van der Waals surface area contributed by atoms with Crippen LogP contribution in [0.25, 0.3) is 11.3 Å². The van der Waals surface area contributed by atoms with E-state index >= 15 is 0 Å². The van der Waals surface area contributed by atoms with Gasteiger partial charge in [-0.15, -0.1) is 0 Å². The Morgan fingerprint density at radius 3 is 2.82 bits per heavy atom. The Hall–Kier alpha value is -2.95. The highest BCUT2D eigenvalue weighted by Gasteiger charge is 2.10. The smallest absolute Gasteiger partial charge is 0.291 e. The van der Waals surface area contributed by atoms with E-state index in [1.165, 1.54) is 18.4 Å². The summed E-state index contributed by atoms with van der Waals surface area (Å²) in [4.78, 5) is 16.2. The molecular weight excluding hydrogens is 283 g/mol. The van der Waals surface area contributed by atoms with Crippen LogP contribution in [-0.2, 0) is 0 Å². The molecular formula is C17H13FN2O2. The minimum Gasteiger partial charge on any atom is -0.459 e. The highest BCUT2D eigenvalue weighted by molar-refractivity contribution is 6.02. The summed E-state index contributed by atoms with van der Waals surface area (Å²) < 4.78 is 18.2. The number of benzene rings is 1. The van der Waals surface area contributed by atoms with Gasteiger partial charge in [0.2, 0.25) is 0 Å². The molecule has 1 N–H and O–H groups in total. The minimum absolute atomic E-state index is 0.233. The summed E-state index contributed by atoms with van der Waals surface area (Å²) >= 11 is 0. The van der Waals surface area contributed by atoms with Gasteiger partial charge in [0.25, 0.3) is 5.91 Å². The molecule has 0 aliphatic carbocycles. The number of pyridine rings is 1. The molecule has 0 fully saturated rings. The van der Waals surface area contributed by atoms with Crippen LogP contribution >= 0.6 is 0 Å². The predicted molar refractivity (Wildman–Crippen MR) is 81.0 cm³/mol. The molecule has 2 heterocycles. The summed E-state index contributed by atoms with van der Waals surface area (Å²) in [6, 6.07) is 11.2. The predicted octanol–water partition coefficient (Wildman–Crippen LogP) is 4.04. The van der Waals surface area contributed by atoms with E-state index < -0.39 is 0 Å². The summed E-state index contributed by atoms with van der Waals surface area (Å²) in [5.74, 6) is -0.391. The average molecular weight is 296 g/mol. The Morgan fingerprint density at radius 1 is 1.23 bits per heavy atom. The molecule has 0 atom stereocenters. The van der Waals surface area contributed by atoms with Crippen LogP contribution in [0, 0.1) is 12.7 Å². The summed E-state index contributed by atoms with van der Waals surface area (Å²) in [6.45, 7) is 1.81. The van der Waals surface area contributed by atoms with Gasteiger partial charge in [-0.2, -0.15) is 0 Å². The molecule has 0 saturated heterocycles. The lowest BCUT2D eigenvalue weighted by Gasteiger charge is -2.08. The second kappa shape index (κ2) is 5.81. The van der Waals surface area contributed by atoms with Crippen molar-refractivity contribution in [2.45, 2.75) is 6.92 Å². The van der Waals surface area contributed by atoms with Crippen LogP contribution < -0.4 is 5.32 Å². The molecule has 5 heteroatoms. The van der Waals surface area contributed by atoms with Gasteiger partial charge in [0, 0.05) is 17.4 Å². The van der Waals surface area contributed by atoms with Crippen molar-refractivity contribution in [2.24, 2.45) is 0 Å². The van der Waals surface area contributed by atoms with Gasteiger partial charge in [0.15, 0.2) is 5.76 Å². The van der Waals surface area contributed by atoms with Crippen molar-refractivity contribution < 1.29 is 13.6 Å². The number of hydrogen-bond donors (Lipinski definition) is 1. The van der Waals surface area contributed by atoms with Gasteiger partial charge < -0.3 is 9.73 Å². The normalized spacial score (nSPS) is 10.5. The van der Waals surface area contributed by atoms with Crippen LogP contribution in [0.1, 0.15) is 16.1 Å². The van der Waals surface area contributed by atoms with Gasteiger partial charge in [0.05, 0.1) is 12.0 Å². The van der Waals surface area contributed by atoms with Gasteiger partial charge in [-0.25, -0.2) is 4.39 Å². The van der Waals surface area contributed by atoms with Crippen LogP contribution in [0.5, 0.6) is 0 Å². The van der Waals surface area contributed by atoms with Gasteiger partial charge in [-0.3, -0.25) is 9.78 Å². The number of carbonyl (C=O) groups is 1. The van der Waals surface area contributed by atoms with Crippen LogP contribution in [-0.4, -0.2) is 10.9 Å². The lowest BCUT2D eigenvalue weighted by Crippen LogP contribution is -2.10. The van der Waals surface area contributed by atoms with Crippen LogP contribution in [0.2, 0.25) is 0 Å². The van der Waals surface area contributed by atoms with Gasteiger partial charge >= 0.3 is 0 Å². The molecule has 0 aliphatic heterocycles. The van der Waals surface area contributed by atoms with Gasteiger partial charge in [0.1, 0.15) is 5.82 Å². The first-order valence-corrected chi connectivity index (χ1v) is 6.71. The lowest BCUT2D eigenvalue weighted by molar-refractivity contribution is 0.0996. The Bertz CT molecular complexity index is 813. The third-order valence-corrected chi connectivity index (χ3v) is 3.23. The van der Waals surface area contributed by atoms with Gasteiger partial charge in [-0.1, -0.05) is 0 Å². The van der Waals surface area contributed by atoms with Crippen molar-refractivity contribution in [3.8, 4) is 11.3 Å². The fourth-order valence-corrected chi connectivity index (χ4v) is 2.17. The zero-order valence-electron chi connectivity index (χ0n) is 11.8. The third-order valence-electron chi connectivity index (χ3n) is 3.23. The number of anilines is 1. The first-order chi connectivity index (χ1) is 10.6. The number of furan rings is 1. The van der Waals surface area contributed by atoms with Crippen LogP contribution in [0.3, 0.4) is 0 Å². The number of halogens is 1. The molecule has 4 nitrogen and oxygen atoms in total. The number of nitrogens with zero attached hydrogens (tertiary/aromatic N) is 1. The van der Waals surface area contributed by atoms with E-state index in [0.29, 0.717) is 11.4 Å². The molecule has 0 radical (unpaired) electrons. The second-order valence-corrected chi connectivity index (χ2v) is 4.82. The van der Waals surface area contributed by atoms with Gasteiger partial charge in [-0.05, 0) is 55.0 Å². The van der Waals surface area contributed by atoms with Crippen molar-refractivity contribution in [3.63, 3.8) is 0 Å². The third kappa shape index (κ3) is 2.88. The van der Waals surface area contributed by atoms with Crippen molar-refractivity contribution in [1.29, 1.82) is 0 Å². The average Bonchev–Trinajstić information content (AvgIpc) is 3.02. The van der Waals surface area contributed by atoms with Crippen molar-refractivity contribution >= 4 is 11.6 Å². The van der Waals surface area contributed by atoms with E-state index in [2.05, 4.69) is 10.3 Å². The fraction of sp³-hybridized carbons (Fsp3) is 0.0588. The van der Waals surface area contributed by atoms with Crippen LogP contribution in [0.15, 0.2) is 59.3 Å². The zero-order chi connectivity index (χ0) is 15.5. The molecule has 0 saturated carbocycles. The number of nitrogens with one attached hydrogen (secondary N) is 1. The SMILES string of the molecule is Cc1cc(F)ccc1-c1cc(NC(=O)c2ccco2)ccn1. The maximum atomic E-state index is 13.2. The molecule has 3 aromatic rings. The zero-order valence-corrected chi connectivity index (χ0v) is 11.8. The summed E-state index contributed by atoms with van der Waals surface area (Å²) in [5, 5.41) is 2.74. The standard InChI is InChI=1S/C17H13FN2O2/c1-11-9-12(18)4-5-14(11)15-10-13(6-7-19-15)20-17(21)16-3-2-8-22-16/h2-10H,1H3,(H,19,20,21). The Kier molecular flexibility index (Phi) is 3.70. The molecule has 2 aromatic heterocycles. The minimum atomic E-state index is -0.335. The molecule has 0 unspecified atom stereocenters. The molecule has 3 rings (SSSR count). The van der Waals surface area contributed by atoms with E-state index in [1.807, 2.05) is 6.92 Å². The molecule has 110 valence electrons. The summed E-state index contributed by atoms with van der Waals surface area (Å²) in [6.07, 6.45) is 3.03. The van der Waals surface area contributed by atoms with E-state index in [1.54, 1.807) is 36.5 Å². The number of hydrogen-bond acceptors (Lipinski definition) is 3. The lowest BCUT2D eigenvalue weighted by atomic mass is 10.0. The first kappa shape index (κ1) is 14.0. The van der Waals surface area contributed by atoms with E-state index in [4.69, 9.17) is 4.42 Å². The number of amides is 1. The number of rotatable bonds is 3. The highest BCUT2D eigenvalue weighted by atomic mass is 19.1. The fourth-order valence-electron chi connectivity index (χ4n) is 2.17. The first-order valence-electron chi connectivity index (χ1n) is 6.71. The Balaban J connectivity index is 1.88. The van der Waals surface area contributed by atoms with E-state index in [-0.39, 0.29) is 17.5 Å². The molecule has 0 bridgehead atoms. The number of carbonyl (C=O) groups excluding carboxylic acids is 1. The molecule has 22 heavy (non-hydrogen) atoms. The van der Waals surface area contributed by atoms with Crippen LogP contribution in [0.4, 0.5) is 10.1 Å². The monoisotopic (exact) mass is 296 g/mol. The van der Waals surface area contributed by atoms with E-state index in [0.717, 1.165) is 11.1 Å². The molecule has 1 amide bonds. The molecule has 0 spiro atoms. The second-order valence-electron chi connectivity index (χ2n) is 4.82. The molecule has 0 aliphatic rings. The number of aryl methyl sites for hydroxylation is 1. The Labute approximate surface area is 126 Å². The van der Waals surface area contributed by atoms with Crippen molar-refractivity contribution in [2.75, 3.05) is 5.32 Å². The van der Waals surface area contributed by atoms with E-state index in [9.17, 15) is 9.18 Å². The maximum absolute atomic E-state index is 13.2. The summed E-state index contributed by atoms with van der Waals surface area (Å²) in [5.41, 5.74) is 2.85. The Morgan fingerprint density at radius 2 is 2.09 bits per heavy atom. The number of aromatic nitrogens is 1. The summed E-state index contributed by atoms with van der Waals surface area (Å²) in [7, 11) is 0. The quantitative estimate of drug-likeness (QED) is 0.793. The highest BCUT2D eigenvalue weighted by Crippen LogP contribution is 2.24. The largest absolute Gasteiger partial charge is 0.459 e. The topological polar surface area (TPSA) is 55.1 Å².